The third-order valence-corrected chi connectivity index (χ3v) is 13.9. The monoisotopic (exact) mass is 773 g/mol. The second-order valence-corrected chi connectivity index (χ2v) is 16.8. The van der Waals surface area contributed by atoms with Gasteiger partial charge in [0.1, 0.15) is 0 Å². The number of anilines is 6. The number of benzene rings is 11. The first-order chi connectivity index (χ1) is 30.2. The summed E-state index contributed by atoms with van der Waals surface area (Å²) in [6.45, 7) is 0.0140. The van der Waals surface area contributed by atoms with E-state index in [0.29, 0.717) is 0 Å². The minimum Gasteiger partial charge on any atom is -0.353 e. The van der Waals surface area contributed by atoms with E-state index in [0.717, 1.165) is 5.69 Å². The van der Waals surface area contributed by atoms with Gasteiger partial charge in [0, 0.05) is 51.7 Å². The van der Waals surface area contributed by atoms with E-state index >= 15 is 0 Å². The zero-order valence-corrected chi connectivity index (χ0v) is 33.5. The van der Waals surface area contributed by atoms with Gasteiger partial charge in [-0.25, -0.2) is 0 Å². The molecule has 0 unspecified atom stereocenters. The van der Waals surface area contributed by atoms with Crippen molar-refractivity contribution in [1.29, 1.82) is 0 Å². The Morgan fingerprint density at radius 2 is 0.787 bits per heavy atom. The van der Waals surface area contributed by atoms with Gasteiger partial charge in [-0.3, -0.25) is 0 Å². The first-order valence-electron chi connectivity index (χ1n) is 21.3. The lowest BCUT2D eigenvalue weighted by Crippen LogP contribution is -2.62. The fourth-order valence-corrected chi connectivity index (χ4v) is 11.5. The van der Waals surface area contributed by atoms with Crippen LogP contribution in [0.15, 0.2) is 200 Å². The molecule has 0 amide bonds. The van der Waals surface area contributed by atoms with E-state index in [9.17, 15) is 0 Å². The molecule has 0 spiro atoms. The largest absolute Gasteiger partial charge is 0.353 e. The molecule has 1 aromatic heterocycles. The van der Waals surface area contributed by atoms with E-state index in [2.05, 4.69) is 222 Å². The Hall–Kier alpha value is -7.82. The van der Waals surface area contributed by atoms with E-state index < -0.39 is 0 Å². The molecule has 0 fully saturated rings. The summed E-state index contributed by atoms with van der Waals surface area (Å²) in [5, 5.41) is 16.6. The van der Waals surface area contributed by atoms with Gasteiger partial charge in [-0.15, -0.1) is 0 Å². The van der Waals surface area contributed by atoms with Gasteiger partial charge in [0.15, 0.2) is 0 Å². The average Bonchev–Trinajstić information content (AvgIpc) is 3.62. The lowest BCUT2D eigenvalue weighted by Gasteiger charge is -2.43. The normalized spacial score (nSPS) is 13.2. The highest BCUT2D eigenvalue weighted by molar-refractivity contribution is 7.00. The van der Waals surface area contributed by atoms with Crippen LogP contribution in [0, 0.1) is 0 Å². The number of fused-ring (bicyclic) bond motifs is 18. The van der Waals surface area contributed by atoms with Crippen molar-refractivity contribution in [2.24, 2.45) is 7.05 Å². The van der Waals surface area contributed by atoms with Crippen LogP contribution >= 0.6 is 0 Å². The molecule has 0 N–H and O–H groups in total. The minimum atomic E-state index is 0.0140. The van der Waals surface area contributed by atoms with Crippen molar-refractivity contribution in [2.45, 2.75) is 0 Å². The summed E-state index contributed by atoms with van der Waals surface area (Å²) in [6.07, 6.45) is 0. The second kappa shape index (κ2) is 12.1. The Labute approximate surface area is 353 Å². The first kappa shape index (κ1) is 33.1. The van der Waals surface area contributed by atoms with Crippen molar-refractivity contribution in [3.8, 4) is 0 Å². The van der Waals surface area contributed by atoms with E-state index in [4.69, 9.17) is 0 Å². The quantitative estimate of drug-likeness (QED) is 0.128. The Bertz CT molecular complexity index is 3800. The van der Waals surface area contributed by atoms with Crippen LogP contribution in [0.1, 0.15) is 0 Å². The van der Waals surface area contributed by atoms with Gasteiger partial charge in [-0.2, -0.15) is 0 Å². The topological polar surface area (TPSA) is 11.4 Å². The maximum atomic E-state index is 2.61. The summed E-state index contributed by atoms with van der Waals surface area (Å²) >= 11 is 0. The molecule has 2 aliphatic rings. The van der Waals surface area contributed by atoms with Gasteiger partial charge >= 0.3 is 0 Å². The number of rotatable bonds is 2. The van der Waals surface area contributed by atoms with Gasteiger partial charge in [0.25, 0.3) is 6.71 Å². The maximum absolute atomic E-state index is 2.61. The highest BCUT2D eigenvalue weighted by Crippen LogP contribution is 2.50. The summed E-state index contributed by atoms with van der Waals surface area (Å²) in [6, 6.07) is 74.8. The summed E-state index contributed by atoms with van der Waals surface area (Å²) in [4.78, 5) is 5.15. The molecule has 0 saturated heterocycles. The Morgan fingerprint density at radius 3 is 1.44 bits per heavy atom. The van der Waals surface area contributed by atoms with Gasteiger partial charge in [0.05, 0.1) is 11.4 Å². The molecule has 3 heterocycles. The molecule has 4 heteroatoms. The molecule has 0 radical (unpaired) electrons. The van der Waals surface area contributed by atoms with E-state index in [1.807, 2.05) is 0 Å². The molecule has 0 atom stereocenters. The predicted octanol–water partition coefficient (Wildman–Crippen LogP) is 13.2. The number of hydrogen-bond acceptors (Lipinski definition) is 2. The van der Waals surface area contributed by atoms with E-state index in [1.165, 1.54) is 120 Å². The highest BCUT2D eigenvalue weighted by atomic mass is 15.2. The van der Waals surface area contributed by atoms with Crippen LogP contribution in [0.2, 0.25) is 0 Å². The molecule has 12 aromatic rings. The Kier molecular flexibility index (Phi) is 6.57. The zero-order chi connectivity index (χ0) is 39.9. The van der Waals surface area contributed by atoms with Crippen LogP contribution in [0.25, 0.3) is 75.5 Å². The molecule has 2 aliphatic heterocycles. The van der Waals surface area contributed by atoms with Crippen LogP contribution in [0.3, 0.4) is 0 Å². The third kappa shape index (κ3) is 4.28. The van der Waals surface area contributed by atoms with Crippen molar-refractivity contribution >= 4 is 133 Å². The standard InChI is InChI=1S/C57H36BN3/c1-59-49-27-12-10-24-46(49)56-57(59)58-48-26-11-13-28-50(48)60(35-32-33-43-38-18-3-2-16-36(38)37-17-5-7-22-42(37)47(43)34-35)52-30-15-31-53(55(52)58)61(56)51-29-14-25-45-41-20-6-4-19-39(41)40-21-8-9-23-44(40)54(45)51/h2-34H,1H3. The van der Waals surface area contributed by atoms with E-state index in [-0.39, 0.29) is 6.71 Å². The Balaban J connectivity index is 1.10. The lowest BCUT2D eigenvalue weighted by atomic mass is 9.35. The van der Waals surface area contributed by atoms with Crippen LogP contribution < -0.4 is 26.3 Å². The lowest BCUT2D eigenvalue weighted by molar-refractivity contribution is 0.997. The van der Waals surface area contributed by atoms with Crippen molar-refractivity contribution in [1.82, 2.24) is 4.57 Å². The molecule has 14 rings (SSSR count). The third-order valence-electron chi connectivity index (χ3n) is 13.9. The average molecular weight is 774 g/mol. The molecular weight excluding hydrogens is 737 g/mol. The molecule has 282 valence electrons. The highest BCUT2D eigenvalue weighted by Gasteiger charge is 2.46. The molecule has 0 bridgehead atoms. The molecule has 0 aliphatic carbocycles. The van der Waals surface area contributed by atoms with Crippen molar-refractivity contribution < 1.29 is 0 Å². The van der Waals surface area contributed by atoms with Gasteiger partial charge in [-0.05, 0) is 113 Å². The van der Waals surface area contributed by atoms with Gasteiger partial charge < -0.3 is 14.4 Å². The van der Waals surface area contributed by atoms with Crippen LogP contribution in [-0.4, -0.2) is 11.3 Å². The van der Waals surface area contributed by atoms with Crippen LogP contribution in [0.4, 0.5) is 34.1 Å². The SMILES string of the molecule is Cn1c2c(c3ccccc31)N(c1cccc3c4ccccc4c4ccccc4c13)c1cccc3c1B2c1ccccc1N3c1ccc2c3ccccc3c3ccccc3c2c1. The first-order valence-corrected chi connectivity index (χ1v) is 21.3. The second-order valence-electron chi connectivity index (χ2n) is 16.8. The molecule has 0 saturated carbocycles. The number of para-hydroxylation sites is 2. The summed E-state index contributed by atoms with van der Waals surface area (Å²) < 4.78 is 2.47. The number of hydrogen-bond donors (Lipinski definition) is 0. The van der Waals surface area contributed by atoms with Gasteiger partial charge in [0.2, 0.25) is 0 Å². The van der Waals surface area contributed by atoms with Gasteiger partial charge in [-0.1, -0.05) is 158 Å². The summed E-state index contributed by atoms with van der Waals surface area (Å²) in [5.41, 5.74) is 12.4. The number of nitrogens with zero attached hydrogens (tertiary/aromatic N) is 3. The summed E-state index contributed by atoms with van der Waals surface area (Å²) in [5.74, 6) is 0. The smallest absolute Gasteiger partial charge is 0.272 e. The maximum Gasteiger partial charge on any atom is 0.272 e. The molecule has 61 heavy (non-hydrogen) atoms. The predicted molar refractivity (Wildman–Crippen MR) is 262 cm³/mol. The van der Waals surface area contributed by atoms with Crippen molar-refractivity contribution in [2.75, 3.05) is 9.80 Å². The molecule has 3 nitrogen and oxygen atoms in total. The number of aryl methyl sites for hydroxylation is 1. The minimum absolute atomic E-state index is 0.0140. The summed E-state index contributed by atoms with van der Waals surface area (Å²) in [7, 11) is 2.27. The molecular formula is C57H36BN3. The fraction of sp³-hybridized carbons (Fsp3) is 0.0175. The van der Waals surface area contributed by atoms with Crippen molar-refractivity contribution in [3.63, 3.8) is 0 Å². The van der Waals surface area contributed by atoms with Crippen LogP contribution in [0.5, 0.6) is 0 Å². The molecule has 11 aromatic carbocycles. The number of aromatic nitrogens is 1. The fourth-order valence-electron chi connectivity index (χ4n) is 11.5. The van der Waals surface area contributed by atoms with E-state index in [1.54, 1.807) is 0 Å². The van der Waals surface area contributed by atoms with Crippen LogP contribution in [-0.2, 0) is 7.05 Å². The van der Waals surface area contributed by atoms with Crippen molar-refractivity contribution in [3.05, 3.63) is 200 Å². The zero-order valence-electron chi connectivity index (χ0n) is 33.5. The Morgan fingerprint density at radius 1 is 0.344 bits per heavy atom.